The Kier molecular flexibility index (Phi) is 4.58. The molecule has 0 aliphatic carbocycles. The third-order valence-corrected chi connectivity index (χ3v) is 3.84. The fourth-order valence-electron chi connectivity index (χ4n) is 1.75. The van der Waals surface area contributed by atoms with Gasteiger partial charge in [0, 0.05) is 16.2 Å². The number of hydrogen-bond donors (Lipinski definition) is 2. The Morgan fingerprint density at radius 1 is 1.25 bits per heavy atom. The minimum absolute atomic E-state index is 0.182. The summed E-state index contributed by atoms with van der Waals surface area (Å²) in [5.41, 5.74) is 9.08. The lowest BCUT2D eigenvalue weighted by Crippen LogP contribution is -2.08. The SMILES string of the molecule is Cc1cccc(NC(=O)/C=C/c2cccc(N)c2)c1Br. The van der Waals surface area contributed by atoms with Crippen LogP contribution in [0.15, 0.2) is 53.0 Å². The van der Waals surface area contributed by atoms with Gasteiger partial charge in [0.2, 0.25) is 5.91 Å². The van der Waals surface area contributed by atoms with Crippen LogP contribution in [-0.4, -0.2) is 5.91 Å². The lowest BCUT2D eigenvalue weighted by atomic mass is 10.2. The molecule has 4 heteroatoms. The van der Waals surface area contributed by atoms with E-state index in [9.17, 15) is 4.79 Å². The Labute approximate surface area is 126 Å². The molecule has 0 saturated carbocycles. The normalized spacial score (nSPS) is 10.7. The number of carbonyl (C=O) groups excluding carboxylic acids is 1. The molecule has 20 heavy (non-hydrogen) atoms. The zero-order valence-electron chi connectivity index (χ0n) is 11.1. The molecule has 0 aromatic heterocycles. The second kappa shape index (κ2) is 6.39. The second-order valence-electron chi connectivity index (χ2n) is 4.43. The summed E-state index contributed by atoms with van der Waals surface area (Å²) in [6.45, 7) is 1.97. The van der Waals surface area contributed by atoms with Crippen molar-refractivity contribution in [3.05, 3.63) is 64.1 Å². The van der Waals surface area contributed by atoms with Crippen LogP contribution in [-0.2, 0) is 4.79 Å². The van der Waals surface area contributed by atoms with E-state index in [1.807, 2.05) is 43.3 Å². The van der Waals surface area contributed by atoms with Gasteiger partial charge in [0.1, 0.15) is 0 Å². The lowest BCUT2D eigenvalue weighted by Gasteiger charge is -2.07. The maximum atomic E-state index is 11.9. The summed E-state index contributed by atoms with van der Waals surface area (Å²) in [6.07, 6.45) is 3.22. The highest BCUT2D eigenvalue weighted by Crippen LogP contribution is 2.25. The van der Waals surface area contributed by atoms with E-state index in [1.54, 1.807) is 12.1 Å². The van der Waals surface area contributed by atoms with Crippen molar-refractivity contribution in [3.8, 4) is 0 Å². The van der Waals surface area contributed by atoms with Crippen LogP contribution in [0.4, 0.5) is 11.4 Å². The first kappa shape index (κ1) is 14.3. The number of nitrogen functional groups attached to an aromatic ring is 1. The van der Waals surface area contributed by atoms with Crippen LogP contribution in [0.5, 0.6) is 0 Å². The van der Waals surface area contributed by atoms with Crippen LogP contribution in [0.3, 0.4) is 0 Å². The topological polar surface area (TPSA) is 55.1 Å². The van der Waals surface area contributed by atoms with E-state index in [2.05, 4.69) is 21.2 Å². The molecule has 0 bridgehead atoms. The molecule has 0 saturated heterocycles. The Morgan fingerprint density at radius 2 is 2.00 bits per heavy atom. The molecule has 0 spiro atoms. The Hall–Kier alpha value is -2.07. The van der Waals surface area contributed by atoms with Crippen molar-refractivity contribution >= 4 is 39.3 Å². The first-order valence-electron chi connectivity index (χ1n) is 6.16. The molecule has 3 nitrogen and oxygen atoms in total. The zero-order chi connectivity index (χ0) is 14.5. The maximum absolute atomic E-state index is 11.9. The van der Waals surface area contributed by atoms with Gasteiger partial charge >= 0.3 is 0 Å². The van der Waals surface area contributed by atoms with Crippen LogP contribution in [0, 0.1) is 6.92 Å². The summed E-state index contributed by atoms with van der Waals surface area (Å²) in [7, 11) is 0. The number of aryl methyl sites for hydroxylation is 1. The second-order valence-corrected chi connectivity index (χ2v) is 5.22. The molecular weight excluding hydrogens is 316 g/mol. The van der Waals surface area contributed by atoms with Gasteiger partial charge in [0.15, 0.2) is 0 Å². The van der Waals surface area contributed by atoms with Gasteiger partial charge in [-0.15, -0.1) is 0 Å². The van der Waals surface area contributed by atoms with Crippen molar-refractivity contribution in [2.45, 2.75) is 6.92 Å². The monoisotopic (exact) mass is 330 g/mol. The highest BCUT2D eigenvalue weighted by molar-refractivity contribution is 9.10. The maximum Gasteiger partial charge on any atom is 0.248 e. The summed E-state index contributed by atoms with van der Waals surface area (Å²) in [5.74, 6) is -0.182. The smallest absolute Gasteiger partial charge is 0.248 e. The van der Waals surface area contributed by atoms with Crippen LogP contribution < -0.4 is 11.1 Å². The molecule has 0 heterocycles. The summed E-state index contributed by atoms with van der Waals surface area (Å²) in [4.78, 5) is 11.9. The molecule has 0 aliphatic rings. The van der Waals surface area contributed by atoms with Crippen LogP contribution in [0.2, 0.25) is 0 Å². The van der Waals surface area contributed by atoms with Crippen molar-refractivity contribution in [2.75, 3.05) is 11.1 Å². The molecule has 2 aromatic rings. The van der Waals surface area contributed by atoms with Crippen LogP contribution in [0.1, 0.15) is 11.1 Å². The average molecular weight is 331 g/mol. The van der Waals surface area contributed by atoms with Crippen LogP contribution >= 0.6 is 15.9 Å². The van der Waals surface area contributed by atoms with Gasteiger partial charge in [0.25, 0.3) is 0 Å². The molecule has 2 rings (SSSR count). The van der Waals surface area contributed by atoms with E-state index < -0.39 is 0 Å². The fourth-order valence-corrected chi connectivity index (χ4v) is 2.12. The Bertz CT molecular complexity index is 665. The standard InChI is InChI=1S/C16H15BrN2O/c1-11-4-2-7-14(16(11)17)19-15(20)9-8-12-5-3-6-13(18)10-12/h2-10H,18H2,1H3,(H,19,20)/b9-8+. The van der Waals surface area contributed by atoms with Crippen molar-refractivity contribution in [3.63, 3.8) is 0 Å². The highest BCUT2D eigenvalue weighted by Gasteiger charge is 2.04. The summed E-state index contributed by atoms with van der Waals surface area (Å²) < 4.78 is 0.894. The number of benzene rings is 2. The number of halogens is 1. The Balaban J connectivity index is 2.08. The molecule has 102 valence electrons. The molecule has 0 unspecified atom stereocenters. The number of rotatable bonds is 3. The number of carbonyl (C=O) groups is 1. The number of anilines is 2. The fraction of sp³-hybridized carbons (Fsp3) is 0.0625. The van der Waals surface area contributed by atoms with Crippen molar-refractivity contribution < 1.29 is 4.79 Å². The van der Waals surface area contributed by atoms with Gasteiger partial charge in [-0.25, -0.2) is 0 Å². The zero-order valence-corrected chi connectivity index (χ0v) is 12.6. The number of hydrogen-bond acceptors (Lipinski definition) is 2. The van der Waals surface area contributed by atoms with Gasteiger partial charge in [-0.3, -0.25) is 4.79 Å². The van der Waals surface area contributed by atoms with Crippen molar-refractivity contribution in [2.24, 2.45) is 0 Å². The van der Waals surface area contributed by atoms with Gasteiger partial charge in [-0.2, -0.15) is 0 Å². The molecule has 0 atom stereocenters. The van der Waals surface area contributed by atoms with Crippen molar-refractivity contribution in [1.29, 1.82) is 0 Å². The summed E-state index contributed by atoms with van der Waals surface area (Å²) in [5, 5.41) is 2.83. The van der Waals surface area contributed by atoms with E-state index in [1.165, 1.54) is 6.08 Å². The molecule has 3 N–H and O–H groups in total. The summed E-state index contributed by atoms with van der Waals surface area (Å²) >= 11 is 3.46. The van der Waals surface area contributed by atoms with E-state index in [0.29, 0.717) is 5.69 Å². The van der Waals surface area contributed by atoms with Gasteiger partial charge < -0.3 is 11.1 Å². The third kappa shape index (κ3) is 3.71. The molecule has 0 aliphatic heterocycles. The molecular formula is C16H15BrN2O. The highest BCUT2D eigenvalue weighted by atomic mass is 79.9. The van der Waals surface area contributed by atoms with Gasteiger partial charge in [0.05, 0.1) is 5.69 Å². The first-order valence-corrected chi connectivity index (χ1v) is 6.95. The number of amides is 1. The quantitative estimate of drug-likeness (QED) is 0.660. The van der Waals surface area contributed by atoms with Crippen molar-refractivity contribution in [1.82, 2.24) is 0 Å². The third-order valence-electron chi connectivity index (χ3n) is 2.79. The average Bonchev–Trinajstić information content (AvgIpc) is 2.42. The molecule has 2 aromatic carbocycles. The first-order chi connectivity index (χ1) is 9.56. The molecule has 0 fully saturated rings. The number of nitrogens with one attached hydrogen (secondary N) is 1. The summed E-state index contributed by atoms with van der Waals surface area (Å²) in [6, 6.07) is 13.1. The van der Waals surface area contributed by atoms with Gasteiger partial charge in [-0.1, -0.05) is 24.3 Å². The van der Waals surface area contributed by atoms with E-state index in [-0.39, 0.29) is 5.91 Å². The minimum atomic E-state index is -0.182. The molecule has 0 radical (unpaired) electrons. The van der Waals surface area contributed by atoms with E-state index in [4.69, 9.17) is 5.73 Å². The minimum Gasteiger partial charge on any atom is -0.399 e. The molecule has 1 amide bonds. The number of nitrogens with two attached hydrogens (primary N) is 1. The largest absolute Gasteiger partial charge is 0.399 e. The van der Waals surface area contributed by atoms with Crippen LogP contribution in [0.25, 0.3) is 6.08 Å². The predicted molar refractivity (Wildman–Crippen MR) is 87.4 cm³/mol. The van der Waals surface area contributed by atoms with E-state index in [0.717, 1.165) is 21.3 Å². The Morgan fingerprint density at radius 3 is 2.75 bits per heavy atom. The van der Waals surface area contributed by atoms with E-state index >= 15 is 0 Å². The predicted octanol–water partition coefficient (Wildman–Crippen LogP) is 3.99. The lowest BCUT2D eigenvalue weighted by molar-refractivity contribution is -0.111. The van der Waals surface area contributed by atoms with Gasteiger partial charge in [-0.05, 0) is 58.3 Å².